The molecule has 0 N–H and O–H groups in total. The van der Waals surface area contributed by atoms with E-state index in [9.17, 15) is 5.26 Å². The number of nitrogens with zero attached hydrogens (tertiary/aromatic N) is 6. The Hall–Kier alpha value is -12.7. The summed E-state index contributed by atoms with van der Waals surface area (Å²) in [6.07, 6.45) is 2.06. The lowest BCUT2D eigenvalue weighted by atomic mass is 9.61. The SMILES string of the molecule is N#Cc1cc(-c2cnc(N3c4ccccc4C4(c5ccccc5Oc5ccccc54)c4ccccc43)cc2-n2c3ccccc3c3ccccc32)c(-n2c3ccccc3c3ccccc32)cc1N1c2ccccc2C2(c3ccccc3Oc3ccccc32)c2ccccc21. The number of aromatic nitrogens is 3. The minimum absolute atomic E-state index is 0.492. The fourth-order valence-corrected chi connectivity index (χ4v) is 16.7. The smallest absolute Gasteiger partial charge is 0.139 e. The standard InChI is InChI=1S/C86H52N6O2/c87-52-54-49-59(78(89-69-37-13-1-25-55(69)56-26-2-14-38-70(56)89)50-77(54)91-73-41-17-5-29-61(73)85(62-30-6-18-42-74(62)91)65-33-9-21-45-80(65)93-81-46-22-10-34-66(81)85)60-53-88-84(51-79(60)90-71-39-15-3-27-57(71)58-28-4-16-40-72(58)90)92-75-43-19-7-31-63(75)86(64-32-8-20-44-76(64)92)67-35-11-23-47-82(67)94-83-48-24-12-36-68(83)86/h1-51,53H. The second kappa shape index (κ2) is 19.7. The van der Waals surface area contributed by atoms with E-state index in [0.717, 1.165) is 168 Å². The van der Waals surface area contributed by atoms with Crippen molar-refractivity contribution in [1.82, 2.24) is 14.1 Å². The molecule has 0 saturated heterocycles. The number of hydrogen-bond acceptors (Lipinski definition) is 6. The van der Waals surface area contributed by atoms with Gasteiger partial charge < -0.3 is 23.5 Å². The lowest BCUT2D eigenvalue weighted by Crippen LogP contribution is -2.39. The molecular formula is C86H52N6O2. The Balaban J connectivity index is 0.886. The zero-order valence-corrected chi connectivity index (χ0v) is 50.5. The highest BCUT2D eigenvalue weighted by Gasteiger charge is 2.53. The number of fused-ring (bicyclic) bond motifs is 22. The molecule has 2 spiro atoms. The van der Waals surface area contributed by atoms with Gasteiger partial charge in [-0.15, -0.1) is 0 Å². The van der Waals surface area contributed by atoms with E-state index in [1.807, 2.05) is 12.1 Å². The number of para-hydroxylation sites is 12. The predicted octanol–water partition coefficient (Wildman–Crippen LogP) is 21.4. The summed E-state index contributed by atoms with van der Waals surface area (Å²) >= 11 is 0. The zero-order valence-electron chi connectivity index (χ0n) is 50.5. The van der Waals surface area contributed by atoms with E-state index in [-0.39, 0.29) is 0 Å². The Labute approximate surface area is 541 Å². The van der Waals surface area contributed by atoms with Gasteiger partial charge in [0.25, 0.3) is 0 Å². The van der Waals surface area contributed by atoms with Gasteiger partial charge in [0.2, 0.25) is 0 Å². The molecule has 20 rings (SSSR count). The van der Waals surface area contributed by atoms with E-state index >= 15 is 0 Å². The highest BCUT2D eigenvalue weighted by Crippen LogP contribution is 2.65. The molecule has 16 aromatic rings. The summed E-state index contributed by atoms with van der Waals surface area (Å²) < 4.78 is 18.4. The molecule has 7 heterocycles. The normalized spacial score (nSPS) is 14.0. The van der Waals surface area contributed by atoms with Gasteiger partial charge in [-0.3, -0.25) is 4.90 Å². The van der Waals surface area contributed by atoms with Gasteiger partial charge in [0.15, 0.2) is 0 Å². The number of nitriles is 1. The molecule has 0 atom stereocenters. The minimum Gasteiger partial charge on any atom is -0.457 e. The van der Waals surface area contributed by atoms with Crippen LogP contribution in [0.2, 0.25) is 0 Å². The van der Waals surface area contributed by atoms with Gasteiger partial charge in [0.05, 0.1) is 78.3 Å². The highest BCUT2D eigenvalue weighted by molar-refractivity contribution is 6.12. The number of rotatable bonds is 5. The van der Waals surface area contributed by atoms with Crippen molar-refractivity contribution in [2.24, 2.45) is 0 Å². The zero-order chi connectivity index (χ0) is 61.8. The molecule has 0 bridgehead atoms. The summed E-state index contributed by atoms with van der Waals surface area (Å²) in [6.45, 7) is 0. The Bertz CT molecular complexity index is 5670. The van der Waals surface area contributed by atoms with Gasteiger partial charge in [-0.2, -0.15) is 5.26 Å². The maximum Gasteiger partial charge on any atom is 0.139 e. The van der Waals surface area contributed by atoms with Crippen LogP contribution in [0.4, 0.5) is 34.3 Å². The molecule has 0 saturated carbocycles. The Morgan fingerprint density at radius 1 is 0.287 bits per heavy atom. The number of hydrogen-bond donors (Lipinski definition) is 0. The van der Waals surface area contributed by atoms with Crippen LogP contribution in [0.1, 0.15) is 50.1 Å². The summed E-state index contributed by atoms with van der Waals surface area (Å²) in [5.74, 6) is 3.99. The van der Waals surface area contributed by atoms with Crippen molar-refractivity contribution in [3.05, 3.63) is 366 Å². The topological polar surface area (TPSA) is 71.5 Å². The van der Waals surface area contributed by atoms with Crippen LogP contribution in [0, 0.1) is 11.3 Å². The number of pyridine rings is 1. The fourth-order valence-electron chi connectivity index (χ4n) is 16.7. The second-order valence-corrected chi connectivity index (χ2v) is 24.7. The van der Waals surface area contributed by atoms with Crippen LogP contribution < -0.4 is 19.3 Å². The first kappa shape index (κ1) is 52.1. The van der Waals surface area contributed by atoms with E-state index < -0.39 is 10.8 Å². The van der Waals surface area contributed by atoms with Crippen LogP contribution in [0.15, 0.2) is 316 Å². The first-order valence-corrected chi connectivity index (χ1v) is 31.9. The molecule has 94 heavy (non-hydrogen) atoms. The van der Waals surface area contributed by atoms with Crippen LogP contribution in [0.5, 0.6) is 23.0 Å². The Kier molecular flexibility index (Phi) is 10.9. The quantitative estimate of drug-likeness (QED) is 0.171. The van der Waals surface area contributed by atoms with E-state index in [1.54, 1.807) is 0 Å². The third-order valence-electron chi connectivity index (χ3n) is 20.3. The third-order valence-corrected chi connectivity index (χ3v) is 20.3. The molecule has 0 unspecified atom stereocenters. The summed E-state index contributed by atoms with van der Waals surface area (Å²) in [5, 5.41) is 16.7. The largest absolute Gasteiger partial charge is 0.457 e. The van der Waals surface area contributed by atoms with E-state index in [4.69, 9.17) is 14.5 Å². The van der Waals surface area contributed by atoms with Gasteiger partial charge in [0.1, 0.15) is 34.9 Å². The van der Waals surface area contributed by atoms with Crippen molar-refractivity contribution in [3.63, 3.8) is 0 Å². The molecule has 0 amide bonds. The van der Waals surface area contributed by atoms with Crippen LogP contribution >= 0.6 is 0 Å². The molecule has 0 radical (unpaired) electrons. The lowest BCUT2D eigenvalue weighted by molar-refractivity contribution is 0.433. The monoisotopic (exact) mass is 1200 g/mol. The maximum atomic E-state index is 12.2. The fraction of sp³-hybridized carbons (Fsp3) is 0.0233. The van der Waals surface area contributed by atoms with Crippen molar-refractivity contribution in [3.8, 4) is 51.6 Å². The molecule has 0 fully saturated rings. The average molecular weight is 1200 g/mol. The molecule has 4 aliphatic rings. The summed E-state index contributed by atoms with van der Waals surface area (Å²) in [5.41, 5.74) is 19.9. The number of ether oxygens (including phenoxy) is 2. The molecule has 8 heteroatoms. The third kappa shape index (κ3) is 6.86. The van der Waals surface area contributed by atoms with Gasteiger partial charge in [-0.25, -0.2) is 4.98 Å². The highest BCUT2D eigenvalue weighted by atomic mass is 16.5. The van der Waals surface area contributed by atoms with Crippen LogP contribution in [-0.4, -0.2) is 14.1 Å². The van der Waals surface area contributed by atoms with Crippen LogP contribution in [0.25, 0.3) is 66.1 Å². The molecule has 0 aliphatic carbocycles. The molecule has 3 aromatic heterocycles. The van der Waals surface area contributed by atoms with Crippen LogP contribution in [0.3, 0.4) is 0 Å². The van der Waals surface area contributed by atoms with Gasteiger partial charge in [-0.1, -0.05) is 218 Å². The second-order valence-electron chi connectivity index (χ2n) is 24.7. The predicted molar refractivity (Wildman–Crippen MR) is 376 cm³/mol. The van der Waals surface area contributed by atoms with Crippen LogP contribution in [-0.2, 0) is 10.8 Å². The van der Waals surface area contributed by atoms with Crippen molar-refractivity contribution < 1.29 is 9.47 Å². The average Bonchev–Trinajstić information content (AvgIpc) is 0.737. The van der Waals surface area contributed by atoms with Crippen molar-refractivity contribution >= 4 is 77.9 Å². The number of benzene rings is 13. The van der Waals surface area contributed by atoms with Crippen molar-refractivity contribution in [2.45, 2.75) is 10.8 Å². The van der Waals surface area contributed by atoms with Gasteiger partial charge in [-0.05, 0) is 107 Å². The molecule has 438 valence electrons. The molecule has 4 aliphatic heterocycles. The summed E-state index contributed by atoms with van der Waals surface area (Å²) in [4.78, 5) is 10.4. The molecular weight excluding hydrogens is 1150 g/mol. The van der Waals surface area contributed by atoms with Gasteiger partial charge in [0, 0.05) is 67.2 Å². The minimum atomic E-state index is -0.780. The first-order valence-electron chi connectivity index (χ1n) is 31.9. The molecule has 13 aromatic carbocycles. The van der Waals surface area contributed by atoms with Crippen molar-refractivity contribution in [1.29, 1.82) is 5.26 Å². The molecule has 8 nitrogen and oxygen atoms in total. The lowest BCUT2D eigenvalue weighted by Gasteiger charge is -2.48. The van der Waals surface area contributed by atoms with E-state index in [2.05, 4.69) is 328 Å². The summed E-state index contributed by atoms with van der Waals surface area (Å²) in [7, 11) is 0. The first-order chi connectivity index (χ1) is 46.6. The summed E-state index contributed by atoms with van der Waals surface area (Å²) in [6, 6.07) is 113. The van der Waals surface area contributed by atoms with E-state index in [1.165, 1.54) is 0 Å². The van der Waals surface area contributed by atoms with E-state index in [0.29, 0.717) is 5.56 Å². The van der Waals surface area contributed by atoms with Gasteiger partial charge >= 0.3 is 0 Å². The maximum absolute atomic E-state index is 12.2. The Morgan fingerprint density at radius 3 is 0.968 bits per heavy atom. The van der Waals surface area contributed by atoms with Crippen molar-refractivity contribution in [2.75, 3.05) is 9.80 Å². The Morgan fingerprint density at radius 2 is 0.596 bits per heavy atom. The number of anilines is 6.